The molecule has 1 nitrogen and oxygen atoms in total. The Labute approximate surface area is 156 Å². The van der Waals surface area contributed by atoms with Gasteiger partial charge in [-0.25, -0.2) is 13.2 Å². The maximum absolute atomic E-state index is 13.5. The second kappa shape index (κ2) is 7.19. The summed E-state index contributed by atoms with van der Waals surface area (Å²) in [4.78, 5) is 2.03. The fraction of sp³-hybridized carbons (Fsp3) is 0. The van der Waals surface area contributed by atoms with Crippen molar-refractivity contribution in [2.24, 2.45) is 0 Å². The first-order chi connectivity index (χ1) is 13.1. The van der Waals surface area contributed by atoms with Crippen LogP contribution in [-0.2, 0) is 0 Å². The molecule has 3 aromatic carbocycles. The molecule has 0 amide bonds. The molecule has 132 valence electrons. The van der Waals surface area contributed by atoms with Crippen LogP contribution in [0.25, 0.3) is 5.70 Å². The highest BCUT2D eigenvalue weighted by Gasteiger charge is 2.29. The number of hydrogen-bond donors (Lipinski definition) is 0. The number of nitrogens with zero attached hydrogens (tertiary/aromatic N) is 1. The second-order valence-electron chi connectivity index (χ2n) is 6.29. The standard InChI is InChI=1S/C22H15BF3N/c24-18-7-3-16(4-8-18)22-2-1-15-23(17-5-9-19(25)10-6-17)27(22)21-13-11-20(26)12-14-21/h1-15H. The third-order valence-corrected chi connectivity index (χ3v) is 4.54. The van der Waals surface area contributed by atoms with Crippen LogP contribution in [0.4, 0.5) is 18.9 Å². The van der Waals surface area contributed by atoms with Crippen LogP contribution in [0, 0.1) is 17.5 Å². The molecule has 1 heterocycles. The summed E-state index contributed by atoms with van der Waals surface area (Å²) in [6.45, 7) is -0.207. The third-order valence-electron chi connectivity index (χ3n) is 4.54. The zero-order valence-corrected chi connectivity index (χ0v) is 14.3. The van der Waals surface area contributed by atoms with Crippen molar-refractivity contribution < 1.29 is 13.2 Å². The highest BCUT2D eigenvalue weighted by Crippen LogP contribution is 2.30. The fourth-order valence-corrected chi connectivity index (χ4v) is 3.25. The lowest BCUT2D eigenvalue weighted by Crippen LogP contribution is -2.47. The minimum absolute atomic E-state index is 0.207. The van der Waals surface area contributed by atoms with E-state index in [4.69, 9.17) is 0 Å². The quantitative estimate of drug-likeness (QED) is 0.596. The normalized spacial score (nSPS) is 13.7. The largest absolute Gasteiger partial charge is 0.377 e. The molecule has 0 unspecified atom stereocenters. The number of benzene rings is 3. The predicted octanol–water partition coefficient (Wildman–Crippen LogP) is 4.96. The Kier molecular flexibility index (Phi) is 4.59. The van der Waals surface area contributed by atoms with Gasteiger partial charge in [0.1, 0.15) is 17.5 Å². The Morgan fingerprint density at radius 1 is 0.630 bits per heavy atom. The smallest absolute Gasteiger partial charge is 0.320 e. The first kappa shape index (κ1) is 17.2. The molecule has 0 N–H and O–H groups in total. The lowest BCUT2D eigenvalue weighted by molar-refractivity contribution is 0.627. The molecule has 1 aliphatic heterocycles. The van der Waals surface area contributed by atoms with Gasteiger partial charge in [0, 0.05) is 11.4 Å². The summed E-state index contributed by atoms with van der Waals surface area (Å²) in [5.41, 5.74) is 3.35. The van der Waals surface area contributed by atoms with Crippen molar-refractivity contribution in [1.82, 2.24) is 0 Å². The van der Waals surface area contributed by atoms with Crippen LogP contribution in [0.2, 0.25) is 0 Å². The summed E-state index contributed by atoms with van der Waals surface area (Å²) in [5, 5.41) is 0. The van der Waals surface area contributed by atoms with E-state index in [0.717, 1.165) is 22.4 Å². The van der Waals surface area contributed by atoms with Gasteiger partial charge in [0.2, 0.25) is 0 Å². The highest BCUT2D eigenvalue weighted by atomic mass is 19.1. The molecule has 0 spiro atoms. The Morgan fingerprint density at radius 3 is 1.74 bits per heavy atom. The molecule has 0 saturated heterocycles. The van der Waals surface area contributed by atoms with E-state index in [1.807, 2.05) is 22.9 Å². The van der Waals surface area contributed by atoms with E-state index in [9.17, 15) is 13.2 Å². The van der Waals surface area contributed by atoms with Crippen molar-refractivity contribution in [3.8, 4) is 0 Å². The van der Waals surface area contributed by atoms with Crippen LogP contribution >= 0.6 is 0 Å². The minimum Gasteiger partial charge on any atom is -0.377 e. The summed E-state index contributed by atoms with van der Waals surface area (Å²) >= 11 is 0. The molecule has 0 radical (unpaired) electrons. The van der Waals surface area contributed by atoms with Gasteiger partial charge in [-0.15, -0.1) is 0 Å². The van der Waals surface area contributed by atoms with Crippen molar-refractivity contribution in [1.29, 1.82) is 0 Å². The van der Waals surface area contributed by atoms with Crippen molar-refractivity contribution in [2.45, 2.75) is 0 Å². The van der Waals surface area contributed by atoms with Crippen LogP contribution in [0.15, 0.2) is 90.9 Å². The average Bonchev–Trinajstić information content (AvgIpc) is 2.69. The average molecular weight is 361 g/mol. The number of halogens is 3. The number of hydrogen-bond acceptors (Lipinski definition) is 1. The van der Waals surface area contributed by atoms with Gasteiger partial charge in [-0.1, -0.05) is 41.8 Å². The van der Waals surface area contributed by atoms with Gasteiger partial charge in [0.05, 0.1) is 0 Å². The number of allylic oxidation sites excluding steroid dienone is 2. The summed E-state index contributed by atoms with van der Waals surface area (Å²) in [5.74, 6) is 1.05. The van der Waals surface area contributed by atoms with E-state index < -0.39 is 0 Å². The summed E-state index contributed by atoms with van der Waals surface area (Å²) in [6, 6.07) is 18.7. The molecule has 4 rings (SSSR count). The zero-order valence-electron chi connectivity index (χ0n) is 14.3. The Bertz CT molecular complexity index is 993. The van der Waals surface area contributed by atoms with Gasteiger partial charge in [-0.3, -0.25) is 0 Å². The van der Waals surface area contributed by atoms with Gasteiger partial charge in [-0.2, -0.15) is 0 Å². The molecule has 0 atom stereocenters. The highest BCUT2D eigenvalue weighted by molar-refractivity contribution is 6.83. The minimum atomic E-state index is -0.322. The van der Waals surface area contributed by atoms with Gasteiger partial charge in [0.15, 0.2) is 0 Å². The second-order valence-corrected chi connectivity index (χ2v) is 6.29. The molecule has 0 saturated carbocycles. The fourth-order valence-electron chi connectivity index (χ4n) is 3.25. The molecular formula is C22H15BF3N. The van der Waals surface area contributed by atoms with E-state index in [0.29, 0.717) is 0 Å². The molecule has 3 aromatic rings. The molecule has 0 aromatic heterocycles. The maximum atomic E-state index is 13.5. The topological polar surface area (TPSA) is 3.24 Å². The SMILES string of the molecule is Fc1ccc(B2C=CC=C(c3ccc(F)cc3)N2c2ccc(F)cc2)cc1. The number of anilines is 1. The van der Waals surface area contributed by atoms with E-state index in [2.05, 4.69) is 0 Å². The van der Waals surface area contributed by atoms with Crippen LogP contribution in [0.3, 0.4) is 0 Å². The molecule has 27 heavy (non-hydrogen) atoms. The van der Waals surface area contributed by atoms with Crippen molar-refractivity contribution in [2.75, 3.05) is 4.81 Å². The third kappa shape index (κ3) is 3.54. The van der Waals surface area contributed by atoms with Crippen LogP contribution in [0.1, 0.15) is 5.56 Å². The molecule has 0 fully saturated rings. The van der Waals surface area contributed by atoms with Crippen molar-refractivity contribution in [3.05, 3.63) is 114 Å². The molecule has 0 bridgehead atoms. The van der Waals surface area contributed by atoms with Crippen LogP contribution in [0.5, 0.6) is 0 Å². The van der Waals surface area contributed by atoms with Crippen molar-refractivity contribution in [3.63, 3.8) is 0 Å². The first-order valence-electron chi connectivity index (χ1n) is 8.56. The Hall–Kier alpha value is -3.21. The van der Waals surface area contributed by atoms with E-state index in [1.54, 1.807) is 36.4 Å². The molecule has 5 heteroatoms. The van der Waals surface area contributed by atoms with E-state index in [-0.39, 0.29) is 24.3 Å². The first-order valence-corrected chi connectivity index (χ1v) is 8.56. The molecule has 0 aliphatic carbocycles. The van der Waals surface area contributed by atoms with Crippen LogP contribution in [-0.4, -0.2) is 6.85 Å². The van der Waals surface area contributed by atoms with Crippen molar-refractivity contribution >= 4 is 23.7 Å². The van der Waals surface area contributed by atoms with E-state index in [1.165, 1.54) is 36.4 Å². The van der Waals surface area contributed by atoms with Crippen LogP contribution < -0.4 is 10.3 Å². The molecular weight excluding hydrogens is 346 g/mol. The molecule has 1 aliphatic rings. The Morgan fingerprint density at radius 2 is 1.15 bits per heavy atom. The summed E-state index contributed by atoms with van der Waals surface area (Å²) in [7, 11) is 0. The lowest BCUT2D eigenvalue weighted by atomic mass is 9.52. The maximum Gasteiger partial charge on any atom is 0.320 e. The summed E-state index contributed by atoms with van der Waals surface area (Å²) in [6.07, 6.45) is 3.85. The zero-order chi connectivity index (χ0) is 18.8. The summed E-state index contributed by atoms with van der Waals surface area (Å²) < 4.78 is 40.2. The van der Waals surface area contributed by atoms with E-state index >= 15 is 0 Å². The van der Waals surface area contributed by atoms with Gasteiger partial charge >= 0.3 is 6.85 Å². The predicted molar refractivity (Wildman–Crippen MR) is 104 cm³/mol. The van der Waals surface area contributed by atoms with Gasteiger partial charge in [0.25, 0.3) is 0 Å². The Balaban J connectivity index is 1.83. The van der Waals surface area contributed by atoms with Gasteiger partial charge < -0.3 is 4.81 Å². The lowest BCUT2D eigenvalue weighted by Gasteiger charge is -2.35. The monoisotopic (exact) mass is 361 g/mol. The van der Waals surface area contributed by atoms with Gasteiger partial charge in [-0.05, 0) is 60.2 Å². The number of rotatable bonds is 3.